The molecule has 0 radical (unpaired) electrons. The molecule has 7 heteroatoms. The van der Waals surface area contributed by atoms with E-state index in [2.05, 4.69) is 5.32 Å². The summed E-state index contributed by atoms with van der Waals surface area (Å²) in [7, 11) is 0. The van der Waals surface area contributed by atoms with E-state index in [1.54, 1.807) is 0 Å². The molecule has 1 heterocycles. The van der Waals surface area contributed by atoms with Gasteiger partial charge in [-0.2, -0.15) is 13.2 Å². The van der Waals surface area contributed by atoms with Gasteiger partial charge >= 0.3 is 6.18 Å². The zero-order valence-corrected chi connectivity index (χ0v) is 11.3. The summed E-state index contributed by atoms with van der Waals surface area (Å²) in [5.74, 6) is -0.922. The third-order valence-electron chi connectivity index (χ3n) is 3.57. The lowest BCUT2D eigenvalue weighted by Crippen LogP contribution is -2.44. The molecule has 0 unspecified atom stereocenters. The van der Waals surface area contributed by atoms with Crippen molar-refractivity contribution < 1.29 is 27.4 Å². The zero-order valence-electron chi connectivity index (χ0n) is 11.3. The molecule has 2 N–H and O–H groups in total. The van der Waals surface area contributed by atoms with Crippen LogP contribution in [0, 0.1) is 5.82 Å². The monoisotopic (exact) mass is 307 g/mol. The molecule has 0 spiro atoms. The van der Waals surface area contributed by atoms with Crippen molar-refractivity contribution in [3.8, 4) is 0 Å². The summed E-state index contributed by atoms with van der Waals surface area (Å²) in [4.78, 5) is 0. The highest BCUT2D eigenvalue weighted by Crippen LogP contribution is 2.32. The molecule has 3 nitrogen and oxygen atoms in total. The van der Waals surface area contributed by atoms with Crippen LogP contribution in [0.5, 0.6) is 0 Å². The first kappa shape index (κ1) is 16.2. The molecule has 1 aromatic carbocycles. The molecule has 1 fully saturated rings. The topological polar surface area (TPSA) is 41.5 Å². The van der Waals surface area contributed by atoms with Crippen molar-refractivity contribution in [3.05, 3.63) is 35.1 Å². The van der Waals surface area contributed by atoms with Crippen molar-refractivity contribution in [2.45, 2.75) is 31.2 Å². The first-order valence-corrected chi connectivity index (χ1v) is 6.67. The fourth-order valence-corrected chi connectivity index (χ4v) is 2.32. The summed E-state index contributed by atoms with van der Waals surface area (Å²) in [5, 5.41) is 13.0. The average molecular weight is 307 g/mol. The Hall–Kier alpha value is -1.18. The Bertz CT molecular complexity index is 484. The highest BCUT2D eigenvalue weighted by molar-refractivity contribution is 5.30. The van der Waals surface area contributed by atoms with E-state index in [1.807, 2.05) is 0 Å². The first-order chi connectivity index (χ1) is 9.80. The van der Waals surface area contributed by atoms with Crippen molar-refractivity contribution in [2.75, 3.05) is 19.8 Å². The van der Waals surface area contributed by atoms with E-state index in [9.17, 15) is 22.7 Å². The van der Waals surface area contributed by atoms with Crippen LogP contribution in [-0.4, -0.2) is 30.5 Å². The number of hydrogen-bond acceptors (Lipinski definition) is 3. The lowest BCUT2D eigenvalue weighted by Gasteiger charge is -2.32. The van der Waals surface area contributed by atoms with Crippen LogP contribution in [0.25, 0.3) is 0 Å². The Morgan fingerprint density at radius 1 is 1.24 bits per heavy atom. The number of hydrogen-bond donors (Lipinski definition) is 2. The second-order valence-electron chi connectivity index (χ2n) is 5.24. The van der Waals surface area contributed by atoms with Gasteiger partial charge in [-0.05, 0) is 17.7 Å². The molecular weight excluding hydrogens is 290 g/mol. The summed E-state index contributed by atoms with van der Waals surface area (Å²) in [6, 6.07) is 2.59. The van der Waals surface area contributed by atoms with Crippen LogP contribution < -0.4 is 5.32 Å². The van der Waals surface area contributed by atoms with E-state index >= 15 is 0 Å². The van der Waals surface area contributed by atoms with Gasteiger partial charge in [-0.15, -0.1) is 0 Å². The maximum absolute atomic E-state index is 13.0. The average Bonchev–Trinajstić information content (AvgIpc) is 2.40. The van der Waals surface area contributed by atoms with E-state index in [1.165, 1.54) is 0 Å². The number of aliphatic hydroxyl groups is 1. The minimum Gasteiger partial charge on any atom is -0.388 e. The molecular formula is C14H17F4NO2. The lowest BCUT2D eigenvalue weighted by atomic mass is 9.94. The summed E-state index contributed by atoms with van der Waals surface area (Å²) in [5.41, 5.74) is -2.00. The fraction of sp³-hybridized carbons (Fsp3) is 0.571. The first-order valence-electron chi connectivity index (χ1n) is 6.67. The van der Waals surface area contributed by atoms with E-state index in [4.69, 9.17) is 4.74 Å². The normalized spacial score (nSPS) is 18.7. The minimum absolute atomic E-state index is 0.0421. The van der Waals surface area contributed by atoms with E-state index in [0.29, 0.717) is 32.1 Å². The SMILES string of the molecule is OC1(CNCc2ccc(F)cc2C(F)(F)F)CCOCC1. The van der Waals surface area contributed by atoms with Gasteiger partial charge in [0.1, 0.15) is 5.82 Å². The number of benzene rings is 1. The van der Waals surface area contributed by atoms with Crippen LogP contribution in [0.15, 0.2) is 18.2 Å². The second kappa shape index (κ2) is 6.29. The van der Waals surface area contributed by atoms with Crippen molar-refractivity contribution >= 4 is 0 Å². The molecule has 1 saturated heterocycles. The van der Waals surface area contributed by atoms with Gasteiger partial charge in [0, 0.05) is 39.1 Å². The highest BCUT2D eigenvalue weighted by Gasteiger charge is 2.34. The van der Waals surface area contributed by atoms with Gasteiger partial charge in [-0.3, -0.25) is 0 Å². The lowest BCUT2D eigenvalue weighted by molar-refractivity contribution is -0.138. The van der Waals surface area contributed by atoms with Crippen LogP contribution in [0.1, 0.15) is 24.0 Å². The van der Waals surface area contributed by atoms with Crippen LogP contribution >= 0.6 is 0 Å². The molecule has 2 rings (SSSR count). The van der Waals surface area contributed by atoms with Gasteiger partial charge in [-0.25, -0.2) is 4.39 Å². The summed E-state index contributed by atoms with van der Waals surface area (Å²) in [6.07, 6.45) is -3.72. The summed E-state index contributed by atoms with van der Waals surface area (Å²) in [6.45, 7) is 0.953. The Morgan fingerprint density at radius 3 is 2.52 bits per heavy atom. The van der Waals surface area contributed by atoms with Gasteiger partial charge in [-0.1, -0.05) is 6.07 Å². The van der Waals surface area contributed by atoms with E-state index in [-0.39, 0.29) is 18.7 Å². The number of rotatable bonds is 4. The van der Waals surface area contributed by atoms with Crippen LogP contribution in [0.4, 0.5) is 17.6 Å². The molecule has 1 aliphatic rings. The zero-order chi connectivity index (χ0) is 15.5. The molecule has 1 aromatic rings. The van der Waals surface area contributed by atoms with Crippen molar-refractivity contribution in [1.82, 2.24) is 5.32 Å². The molecule has 0 atom stereocenters. The molecule has 1 aliphatic heterocycles. The van der Waals surface area contributed by atoms with Gasteiger partial charge in [0.2, 0.25) is 0 Å². The Labute approximate surface area is 119 Å². The molecule has 0 aromatic heterocycles. The molecule has 0 saturated carbocycles. The number of nitrogens with one attached hydrogen (secondary N) is 1. The van der Waals surface area contributed by atoms with Gasteiger partial charge in [0.15, 0.2) is 0 Å². The Balaban J connectivity index is 2.00. The number of halogens is 4. The van der Waals surface area contributed by atoms with Gasteiger partial charge < -0.3 is 15.2 Å². The van der Waals surface area contributed by atoms with Crippen molar-refractivity contribution in [1.29, 1.82) is 0 Å². The maximum atomic E-state index is 13.0. The standard InChI is InChI=1S/C14H17F4NO2/c15-11-2-1-10(12(7-11)14(16,17)18)8-19-9-13(20)3-5-21-6-4-13/h1-2,7,19-20H,3-6,8-9H2. The Kier molecular flexibility index (Phi) is 4.85. The van der Waals surface area contributed by atoms with Gasteiger partial charge in [0.05, 0.1) is 11.2 Å². The van der Waals surface area contributed by atoms with Crippen molar-refractivity contribution in [2.24, 2.45) is 0 Å². The van der Waals surface area contributed by atoms with Crippen molar-refractivity contribution in [3.63, 3.8) is 0 Å². The summed E-state index contributed by atoms with van der Waals surface area (Å²) >= 11 is 0. The largest absolute Gasteiger partial charge is 0.416 e. The third-order valence-corrected chi connectivity index (χ3v) is 3.57. The molecule has 0 amide bonds. The predicted octanol–water partition coefficient (Wildman–Crippen LogP) is 2.48. The minimum atomic E-state index is -4.60. The predicted molar refractivity (Wildman–Crippen MR) is 68.1 cm³/mol. The van der Waals surface area contributed by atoms with E-state index in [0.717, 1.165) is 12.1 Å². The van der Waals surface area contributed by atoms with Crippen LogP contribution in [0.3, 0.4) is 0 Å². The number of ether oxygens (including phenoxy) is 1. The molecule has 118 valence electrons. The third kappa shape index (κ3) is 4.39. The smallest absolute Gasteiger partial charge is 0.388 e. The second-order valence-corrected chi connectivity index (χ2v) is 5.24. The summed E-state index contributed by atoms with van der Waals surface area (Å²) < 4.78 is 56.6. The highest BCUT2D eigenvalue weighted by atomic mass is 19.4. The molecule has 0 aliphatic carbocycles. The Morgan fingerprint density at radius 2 is 1.90 bits per heavy atom. The maximum Gasteiger partial charge on any atom is 0.416 e. The molecule has 0 bridgehead atoms. The quantitative estimate of drug-likeness (QED) is 0.840. The van der Waals surface area contributed by atoms with Crippen LogP contribution in [0.2, 0.25) is 0 Å². The van der Waals surface area contributed by atoms with E-state index < -0.39 is 23.2 Å². The number of alkyl halides is 3. The molecule has 21 heavy (non-hydrogen) atoms. The van der Waals surface area contributed by atoms with Crippen LogP contribution in [-0.2, 0) is 17.5 Å². The van der Waals surface area contributed by atoms with Gasteiger partial charge in [0.25, 0.3) is 0 Å². The fourth-order valence-electron chi connectivity index (χ4n) is 2.32.